The molecule has 0 bridgehead atoms. The van der Waals surface area contributed by atoms with Gasteiger partial charge in [0.1, 0.15) is 5.82 Å². The van der Waals surface area contributed by atoms with Crippen molar-refractivity contribution in [1.29, 1.82) is 0 Å². The number of hydrogen-bond donors (Lipinski definition) is 1. The van der Waals surface area contributed by atoms with Gasteiger partial charge in [-0.15, -0.1) is 0 Å². The molecule has 1 aliphatic rings. The van der Waals surface area contributed by atoms with Gasteiger partial charge in [0.15, 0.2) is 0 Å². The number of hydrogen-bond acceptors (Lipinski definition) is 3. The number of likely N-dealkylation sites (tertiary alicyclic amines) is 1. The average Bonchev–Trinajstić information content (AvgIpc) is 3.10. The van der Waals surface area contributed by atoms with Gasteiger partial charge in [0.05, 0.1) is 17.1 Å². The molecule has 1 aromatic heterocycles. The Balaban J connectivity index is 1.90. The minimum atomic E-state index is 0.117. The number of aromatic nitrogens is 2. The predicted octanol–water partition coefficient (Wildman–Crippen LogP) is 1.85. The van der Waals surface area contributed by atoms with Crippen LogP contribution in [0.15, 0.2) is 24.3 Å². The highest BCUT2D eigenvalue weighted by Crippen LogP contribution is 2.33. The largest absolute Gasteiger partial charge is 0.332 e. The summed E-state index contributed by atoms with van der Waals surface area (Å²) >= 11 is 0. The van der Waals surface area contributed by atoms with Gasteiger partial charge in [-0.2, -0.15) is 0 Å². The van der Waals surface area contributed by atoms with Crippen LogP contribution in [-0.2, 0) is 11.8 Å². The molecule has 1 aromatic carbocycles. The zero-order valence-electron chi connectivity index (χ0n) is 12.7. The third-order valence-corrected chi connectivity index (χ3v) is 4.28. The molecule has 1 N–H and O–H groups in total. The first-order chi connectivity index (χ1) is 10.2. The van der Waals surface area contributed by atoms with E-state index in [1.54, 1.807) is 0 Å². The lowest BCUT2D eigenvalue weighted by Crippen LogP contribution is -2.33. The molecule has 3 rings (SSSR count). The number of amides is 1. The fourth-order valence-electron chi connectivity index (χ4n) is 3.17. The van der Waals surface area contributed by atoms with E-state index in [1.165, 1.54) is 0 Å². The van der Waals surface area contributed by atoms with Crippen LogP contribution in [0, 0.1) is 0 Å². The Morgan fingerprint density at radius 2 is 2.24 bits per heavy atom. The lowest BCUT2D eigenvalue weighted by Gasteiger charge is -2.24. The van der Waals surface area contributed by atoms with Crippen LogP contribution in [0.1, 0.15) is 31.1 Å². The Bertz CT molecular complexity index is 649. The number of nitrogens with zero attached hydrogens (tertiary/aromatic N) is 3. The maximum atomic E-state index is 12.4. The van der Waals surface area contributed by atoms with E-state index >= 15 is 0 Å². The normalized spacial score (nSPS) is 18.6. The highest BCUT2D eigenvalue weighted by Gasteiger charge is 2.32. The van der Waals surface area contributed by atoms with Gasteiger partial charge in [-0.05, 0) is 32.0 Å². The lowest BCUT2D eigenvalue weighted by atomic mass is 10.2. The molecule has 5 nitrogen and oxygen atoms in total. The van der Waals surface area contributed by atoms with Crippen molar-refractivity contribution in [2.75, 3.05) is 20.1 Å². The Morgan fingerprint density at radius 3 is 3.00 bits per heavy atom. The topological polar surface area (TPSA) is 50.2 Å². The second-order valence-electron chi connectivity index (χ2n) is 5.62. The van der Waals surface area contributed by atoms with Gasteiger partial charge >= 0.3 is 0 Å². The molecule has 0 aliphatic carbocycles. The van der Waals surface area contributed by atoms with Crippen LogP contribution in [0.25, 0.3) is 11.0 Å². The van der Waals surface area contributed by atoms with Gasteiger partial charge < -0.3 is 14.8 Å². The Labute approximate surface area is 125 Å². The minimum absolute atomic E-state index is 0.117. The van der Waals surface area contributed by atoms with Crippen LogP contribution in [-0.4, -0.2) is 40.5 Å². The van der Waals surface area contributed by atoms with E-state index in [4.69, 9.17) is 4.98 Å². The lowest BCUT2D eigenvalue weighted by molar-refractivity contribution is -0.132. The van der Waals surface area contributed by atoms with Crippen molar-refractivity contribution in [3.63, 3.8) is 0 Å². The first kappa shape index (κ1) is 14.1. The van der Waals surface area contributed by atoms with E-state index in [9.17, 15) is 4.79 Å². The molecule has 112 valence electrons. The average molecular weight is 286 g/mol. The van der Waals surface area contributed by atoms with Crippen LogP contribution in [0.4, 0.5) is 0 Å². The monoisotopic (exact) mass is 286 g/mol. The highest BCUT2D eigenvalue weighted by molar-refractivity contribution is 5.78. The third-order valence-electron chi connectivity index (χ3n) is 4.28. The van der Waals surface area contributed by atoms with E-state index < -0.39 is 0 Å². The van der Waals surface area contributed by atoms with Crippen molar-refractivity contribution in [1.82, 2.24) is 19.8 Å². The highest BCUT2D eigenvalue weighted by atomic mass is 16.2. The quantitative estimate of drug-likeness (QED) is 0.933. The first-order valence-corrected chi connectivity index (χ1v) is 7.58. The van der Waals surface area contributed by atoms with Crippen molar-refractivity contribution in [3.05, 3.63) is 30.1 Å². The van der Waals surface area contributed by atoms with E-state index in [-0.39, 0.29) is 11.9 Å². The van der Waals surface area contributed by atoms with Gasteiger partial charge in [-0.3, -0.25) is 4.79 Å². The molecule has 1 fully saturated rings. The summed E-state index contributed by atoms with van der Waals surface area (Å²) < 4.78 is 2.13. The van der Waals surface area contributed by atoms with Crippen LogP contribution in [0.3, 0.4) is 0 Å². The van der Waals surface area contributed by atoms with Crippen molar-refractivity contribution in [3.8, 4) is 0 Å². The summed E-state index contributed by atoms with van der Waals surface area (Å²) in [4.78, 5) is 19.1. The summed E-state index contributed by atoms with van der Waals surface area (Å²) in [5.41, 5.74) is 2.13. The summed E-state index contributed by atoms with van der Waals surface area (Å²) in [7, 11) is 3.92. The van der Waals surface area contributed by atoms with Gasteiger partial charge in [0, 0.05) is 26.6 Å². The van der Waals surface area contributed by atoms with Gasteiger partial charge in [-0.25, -0.2) is 4.98 Å². The van der Waals surface area contributed by atoms with Crippen LogP contribution >= 0.6 is 0 Å². The fraction of sp³-hybridized carbons (Fsp3) is 0.500. The fourth-order valence-corrected chi connectivity index (χ4v) is 3.17. The molecule has 1 unspecified atom stereocenters. The molecule has 0 spiro atoms. The molecule has 1 amide bonds. The van der Waals surface area contributed by atoms with Crippen LogP contribution in [0.2, 0.25) is 0 Å². The summed E-state index contributed by atoms with van der Waals surface area (Å²) in [5.74, 6) is 1.23. The Hall–Kier alpha value is -1.88. The Morgan fingerprint density at radius 1 is 1.43 bits per heavy atom. The number of imidazole rings is 1. The number of rotatable bonds is 4. The maximum Gasteiger partial charge on any atom is 0.224 e. The second kappa shape index (κ2) is 5.85. The van der Waals surface area contributed by atoms with E-state index in [1.807, 2.05) is 37.2 Å². The summed E-state index contributed by atoms with van der Waals surface area (Å²) in [6, 6.07) is 8.25. The van der Waals surface area contributed by atoms with Crippen LogP contribution < -0.4 is 5.32 Å². The van der Waals surface area contributed by atoms with Crippen molar-refractivity contribution < 1.29 is 4.79 Å². The Kier molecular flexibility index (Phi) is 3.92. The van der Waals surface area contributed by atoms with Crippen molar-refractivity contribution in [2.45, 2.75) is 25.3 Å². The summed E-state index contributed by atoms with van der Waals surface area (Å²) in [6.45, 7) is 1.57. The molecule has 1 aliphatic heterocycles. The van der Waals surface area contributed by atoms with Gasteiger partial charge in [-0.1, -0.05) is 12.1 Å². The number of para-hydroxylation sites is 2. The number of carbonyl (C=O) groups is 1. The first-order valence-electron chi connectivity index (χ1n) is 7.58. The molecule has 0 radical (unpaired) electrons. The number of benzene rings is 1. The van der Waals surface area contributed by atoms with Crippen molar-refractivity contribution >= 4 is 16.9 Å². The van der Waals surface area contributed by atoms with E-state index in [0.29, 0.717) is 6.42 Å². The molecule has 2 aromatic rings. The molecular weight excluding hydrogens is 264 g/mol. The number of aryl methyl sites for hydroxylation is 1. The zero-order valence-corrected chi connectivity index (χ0v) is 12.7. The molecule has 0 saturated carbocycles. The zero-order chi connectivity index (χ0) is 14.8. The number of fused-ring (bicyclic) bond motifs is 1. The molecule has 21 heavy (non-hydrogen) atoms. The van der Waals surface area contributed by atoms with E-state index in [2.05, 4.69) is 16.0 Å². The van der Waals surface area contributed by atoms with Crippen LogP contribution in [0.5, 0.6) is 0 Å². The second-order valence-corrected chi connectivity index (χ2v) is 5.62. The molecule has 5 heteroatoms. The summed E-state index contributed by atoms with van der Waals surface area (Å²) in [5, 5.41) is 3.04. The van der Waals surface area contributed by atoms with E-state index in [0.717, 1.165) is 42.8 Å². The maximum absolute atomic E-state index is 12.4. The number of carbonyl (C=O) groups excluding carboxylic acids is 1. The smallest absolute Gasteiger partial charge is 0.224 e. The SMILES string of the molecule is CNCCC(=O)N1CCCC1c1nc2ccccc2n1C. The minimum Gasteiger partial charge on any atom is -0.332 e. The molecular formula is C16H22N4O. The molecule has 1 atom stereocenters. The summed E-state index contributed by atoms with van der Waals surface area (Å²) in [6.07, 6.45) is 2.61. The van der Waals surface area contributed by atoms with Gasteiger partial charge in [0.2, 0.25) is 5.91 Å². The van der Waals surface area contributed by atoms with Gasteiger partial charge in [0.25, 0.3) is 0 Å². The standard InChI is InChI=1S/C16H22N4O/c1-17-10-9-15(21)20-11-5-8-14(20)16-18-12-6-3-4-7-13(12)19(16)2/h3-4,6-7,14,17H,5,8-11H2,1-2H3. The number of nitrogens with one attached hydrogen (secondary N) is 1. The molecule has 1 saturated heterocycles. The predicted molar refractivity (Wildman–Crippen MR) is 82.9 cm³/mol. The molecule has 2 heterocycles. The third kappa shape index (κ3) is 2.53. The van der Waals surface area contributed by atoms with Crippen molar-refractivity contribution in [2.24, 2.45) is 7.05 Å².